The Hall–Kier alpha value is -3.17. The zero-order valence-corrected chi connectivity index (χ0v) is 17.1. The van der Waals surface area contributed by atoms with Gasteiger partial charge in [-0.1, -0.05) is 0 Å². The molecular formula is C21H26N6O3. The average Bonchev–Trinajstić information content (AvgIpc) is 3.21. The van der Waals surface area contributed by atoms with Crippen molar-refractivity contribution in [2.45, 2.75) is 19.4 Å². The van der Waals surface area contributed by atoms with Gasteiger partial charge in [-0.25, -0.2) is 14.3 Å². The highest BCUT2D eigenvalue weighted by Gasteiger charge is 2.18. The van der Waals surface area contributed by atoms with E-state index in [0.717, 1.165) is 30.0 Å². The first kappa shape index (κ1) is 20.1. The number of urea groups is 1. The molecule has 9 heteroatoms. The number of carbonyl (C=O) groups excluding carboxylic acids is 1. The number of rotatable bonds is 5. The fourth-order valence-corrected chi connectivity index (χ4v) is 3.22. The summed E-state index contributed by atoms with van der Waals surface area (Å²) < 4.78 is 7.30. The van der Waals surface area contributed by atoms with Gasteiger partial charge in [0.2, 0.25) is 0 Å². The summed E-state index contributed by atoms with van der Waals surface area (Å²) in [6.45, 7) is 6.37. The molecule has 2 amide bonds. The largest absolute Gasteiger partial charge is 0.389 e. The van der Waals surface area contributed by atoms with Crippen LogP contribution in [-0.4, -0.2) is 64.2 Å². The van der Waals surface area contributed by atoms with Crippen molar-refractivity contribution in [2.75, 3.05) is 43.1 Å². The van der Waals surface area contributed by atoms with Gasteiger partial charge in [-0.2, -0.15) is 0 Å². The molecule has 0 atom stereocenters. The van der Waals surface area contributed by atoms with Gasteiger partial charge in [0.15, 0.2) is 11.6 Å². The van der Waals surface area contributed by atoms with Crippen LogP contribution in [0.25, 0.3) is 16.9 Å². The zero-order chi connectivity index (χ0) is 21.1. The fourth-order valence-electron chi connectivity index (χ4n) is 3.22. The van der Waals surface area contributed by atoms with E-state index >= 15 is 0 Å². The maximum atomic E-state index is 12.0. The Bertz CT molecular complexity index is 1020. The van der Waals surface area contributed by atoms with E-state index in [-0.39, 0.29) is 12.6 Å². The Morgan fingerprint density at radius 3 is 2.63 bits per heavy atom. The van der Waals surface area contributed by atoms with Crippen molar-refractivity contribution in [3.05, 3.63) is 42.6 Å². The Kier molecular flexibility index (Phi) is 5.56. The number of aliphatic hydroxyl groups is 1. The first-order valence-corrected chi connectivity index (χ1v) is 9.95. The summed E-state index contributed by atoms with van der Waals surface area (Å²) in [6, 6.07) is 10.9. The highest BCUT2D eigenvalue weighted by Crippen LogP contribution is 2.25. The third kappa shape index (κ3) is 4.69. The molecule has 0 aliphatic carbocycles. The predicted octanol–water partition coefficient (Wildman–Crippen LogP) is 2.13. The van der Waals surface area contributed by atoms with Gasteiger partial charge in [0, 0.05) is 37.1 Å². The molecular weight excluding hydrogens is 384 g/mol. The van der Waals surface area contributed by atoms with Crippen LogP contribution in [0.15, 0.2) is 42.6 Å². The summed E-state index contributed by atoms with van der Waals surface area (Å²) in [5, 5.41) is 19.7. The van der Waals surface area contributed by atoms with Crippen LogP contribution >= 0.6 is 0 Å². The molecule has 0 unspecified atom stereocenters. The van der Waals surface area contributed by atoms with Gasteiger partial charge < -0.3 is 25.4 Å². The van der Waals surface area contributed by atoms with Crippen LogP contribution in [0.2, 0.25) is 0 Å². The van der Waals surface area contributed by atoms with Gasteiger partial charge in [-0.05, 0) is 50.2 Å². The van der Waals surface area contributed by atoms with Gasteiger partial charge in [-0.3, -0.25) is 0 Å². The first-order chi connectivity index (χ1) is 14.4. The molecule has 3 aromatic rings. The van der Waals surface area contributed by atoms with E-state index in [0.29, 0.717) is 24.7 Å². The number of fused-ring (bicyclic) bond motifs is 1. The molecule has 0 radical (unpaired) electrons. The monoisotopic (exact) mass is 410 g/mol. The van der Waals surface area contributed by atoms with E-state index in [1.807, 2.05) is 35.0 Å². The number of aromatic nitrogens is 3. The molecule has 3 N–H and O–H groups in total. The van der Waals surface area contributed by atoms with Crippen LogP contribution in [0, 0.1) is 0 Å². The Morgan fingerprint density at radius 1 is 1.20 bits per heavy atom. The SMILES string of the molecule is CC(C)(O)CNC(=O)Nc1ccc(-c2nc(N3CCOCC3)c3cccn3n2)cc1. The summed E-state index contributed by atoms with van der Waals surface area (Å²) in [4.78, 5) is 19.0. The van der Waals surface area contributed by atoms with Crippen molar-refractivity contribution in [2.24, 2.45) is 0 Å². The molecule has 1 aromatic carbocycles. The van der Waals surface area contributed by atoms with Crippen molar-refractivity contribution in [1.29, 1.82) is 0 Å². The smallest absolute Gasteiger partial charge is 0.319 e. The minimum atomic E-state index is -0.964. The second-order valence-corrected chi connectivity index (χ2v) is 7.89. The topological polar surface area (TPSA) is 104 Å². The van der Waals surface area contributed by atoms with E-state index in [2.05, 4.69) is 20.6 Å². The lowest BCUT2D eigenvalue weighted by Gasteiger charge is -2.28. The van der Waals surface area contributed by atoms with Gasteiger partial charge >= 0.3 is 6.03 Å². The highest BCUT2D eigenvalue weighted by atomic mass is 16.5. The molecule has 2 aromatic heterocycles. The lowest BCUT2D eigenvalue weighted by Crippen LogP contribution is -2.40. The molecule has 9 nitrogen and oxygen atoms in total. The Labute approximate surface area is 174 Å². The van der Waals surface area contributed by atoms with E-state index in [4.69, 9.17) is 9.72 Å². The Morgan fingerprint density at radius 2 is 1.93 bits per heavy atom. The molecule has 158 valence electrons. The molecule has 1 saturated heterocycles. The van der Waals surface area contributed by atoms with Crippen LogP contribution in [-0.2, 0) is 4.74 Å². The quantitative estimate of drug-likeness (QED) is 0.595. The molecule has 0 saturated carbocycles. The number of carbonyl (C=O) groups is 1. The predicted molar refractivity (Wildman–Crippen MR) is 115 cm³/mol. The fraction of sp³-hybridized carbons (Fsp3) is 0.381. The molecule has 1 fully saturated rings. The summed E-state index contributed by atoms with van der Waals surface area (Å²) in [6.07, 6.45) is 1.91. The van der Waals surface area contributed by atoms with Crippen LogP contribution in [0.4, 0.5) is 16.3 Å². The van der Waals surface area contributed by atoms with Crippen LogP contribution in [0.5, 0.6) is 0 Å². The molecule has 0 bridgehead atoms. The van der Waals surface area contributed by atoms with E-state index < -0.39 is 5.60 Å². The minimum absolute atomic E-state index is 0.159. The lowest BCUT2D eigenvalue weighted by molar-refractivity contribution is 0.0826. The van der Waals surface area contributed by atoms with Gasteiger partial charge in [0.05, 0.1) is 18.8 Å². The van der Waals surface area contributed by atoms with E-state index in [9.17, 15) is 9.90 Å². The van der Waals surface area contributed by atoms with Gasteiger partial charge in [0.25, 0.3) is 0 Å². The molecule has 1 aliphatic heterocycles. The normalized spacial score (nSPS) is 14.7. The maximum Gasteiger partial charge on any atom is 0.319 e. The number of anilines is 2. The summed E-state index contributed by atoms with van der Waals surface area (Å²) >= 11 is 0. The number of hydrogen-bond acceptors (Lipinski definition) is 6. The number of benzene rings is 1. The van der Waals surface area contributed by atoms with Crippen molar-refractivity contribution in [3.8, 4) is 11.4 Å². The van der Waals surface area contributed by atoms with Gasteiger partial charge in [-0.15, -0.1) is 5.10 Å². The number of hydrogen-bond donors (Lipinski definition) is 3. The molecule has 4 rings (SSSR count). The van der Waals surface area contributed by atoms with Crippen molar-refractivity contribution >= 4 is 23.1 Å². The van der Waals surface area contributed by atoms with Crippen LogP contribution < -0.4 is 15.5 Å². The van der Waals surface area contributed by atoms with E-state index in [1.54, 1.807) is 26.0 Å². The summed E-state index contributed by atoms with van der Waals surface area (Å²) in [5.74, 6) is 1.50. The van der Waals surface area contributed by atoms with Crippen molar-refractivity contribution in [3.63, 3.8) is 0 Å². The zero-order valence-electron chi connectivity index (χ0n) is 17.1. The van der Waals surface area contributed by atoms with Crippen molar-refractivity contribution < 1.29 is 14.6 Å². The van der Waals surface area contributed by atoms with Gasteiger partial charge in [0.1, 0.15) is 5.52 Å². The standard InChI is InChI=1S/C21H26N6O3/c1-21(2,29)14-22-20(28)23-16-7-5-15(6-8-16)18-24-19(26-10-12-30-13-11-26)17-4-3-9-27(17)25-18/h3-9,29H,10-14H2,1-2H3,(H2,22,23,28). The maximum absolute atomic E-state index is 12.0. The summed E-state index contributed by atoms with van der Waals surface area (Å²) in [5.41, 5.74) is 1.49. The third-order valence-electron chi connectivity index (χ3n) is 4.76. The first-order valence-electron chi connectivity index (χ1n) is 9.95. The molecule has 3 heterocycles. The Balaban J connectivity index is 1.53. The minimum Gasteiger partial charge on any atom is -0.389 e. The number of morpholine rings is 1. The van der Waals surface area contributed by atoms with E-state index in [1.165, 1.54) is 0 Å². The molecule has 30 heavy (non-hydrogen) atoms. The third-order valence-corrected chi connectivity index (χ3v) is 4.76. The highest BCUT2D eigenvalue weighted by molar-refractivity contribution is 5.89. The number of amides is 2. The van der Waals surface area contributed by atoms with Crippen molar-refractivity contribution in [1.82, 2.24) is 19.9 Å². The number of ether oxygens (including phenoxy) is 1. The number of nitrogens with zero attached hydrogens (tertiary/aromatic N) is 4. The molecule has 1 aliphatic rings. The summed E-state index contributed by atoms with van der Waals surface area (Å²) in [7, 11) is 0. The lowest BCUT2D eigenvalue weighted by atomic mass is 10.1. The van der Waals surface area contributed by atoms with Crippen LogP contribution in [0.1, 0.15) is 13.8 Å². The second-order valence-electron chi connectivity index (χ2n) is 7.89. The molecule has 0 spiro atoms. The average molecular weight is 410 g/mol. The van der Waals surface area contributed by atoms with Crippen LogP contribution in [0.3, 0.4) is 0 Å². The number of nitrogens with one attached hydrogen (secondary N) is 2. The second kappa shape index (κ2) is 8.29.